The van der Waals surface area contributed by atoms with Crippen molar-refractivity contribution in [2.45, 2.75) is 64.5 Å². The van der Waals surface area contributed by atoms with Gasteiger partial charge < -0.3 is 0 Å². The van der Waals surface area contributed by atoms with E-state index in [1.165, 1.54) is 25.7 Å². The average molecular weight is 218 g/mol. The van der Waals surface area contributed by atoms with Crippen LogP contribution >= 0.6 is 0 Å². The molecule has 90 valence electrons. The van der Waals surface area contributed by atoms with Gasteiger partial charge in [-0.05, 0) is 36.0 Å². The van der Waals surface area contributed by atoms with Gasteiger partial charge in [-0.3, -0.25) is 0 Å². The second kappa shape index (κ2) is 4.10. The first-order valence-corrected chi connectivity index (χ1v) is 7.29. The van der Waals surface area contributed by atoms with E-state index in [9.17, 15) is 0 Å². The molecular weight excluding hydrogens is 190 g/mol. The molecule has 0 nitrogen and oxygen atoms in total. The predicted octanol–water partition coefficient (Wildman–Crippen LogP) is 2.63. The van der Waals surface area contributed by atoms with E-state index in [0.29, 0.717) is 10.6 Å². The highest BCUT2D eigenvalue weighted by molar-refractivity contribution is 6.40. The van der Waals surface area contributed by atoms with Gasteiger partial charge in [0, 0.05) is 0 Å². The first-order valence-electron chi connectivity index (χ1n) is 7.29. The van der Waals surface area contributed by atoms with Gasteiger partial charge in [-0.2, -0.15) is 0 Å². The van der Waals surface area contributed by atoms with E-state index < -0.39 is 0 Å². The minimum absolute atomic E-state index is 0.449. The Hall–Kier alpha value is 0.130. The average Bonchev–Trinajstić information content (AvgIpc) is 2.59. The van der Waals surface area contributed by atoms with Crippen LogP contribution in [0.1, 0.15) is 59.3 Å². The second-order valence-electron chi connectivity index (χ2n) is 8.13. The van der Waals surface area contributed by atoms with Crippen molar-refractivity contribution in [1.29, 1.82) is 0 Å². The molecule has 0 saturated heterocycles. The number of rotatable bonds is 2. The largest absolute Gasteiger partial charge is 0.0998 e. The van der Waals surface area contributed by atoms with Crippen LogP contribution in [-0.4, -0.2) is 15.7 Å². The van der Waals surface area contributed by atoms with Gasteiger partial charge in [-0.25, -0.2) is 0 Å². The van der Waals surface area contributed by atoms with Gasteiger partial charge in [-0.15, -0.1) is 0 Å². The standard InChI is InChI=1S/C14H28B2/c1-13(2,3)14(15,16)9-10-7-11-5-4-6-12(11)8-10/h10-12H,4-9,15-16H2,1-3H3. The SMILES string of the molecule is BC(B)(CC1CC2CCCC2C1)C(C)(C)C. The van der Waals surface area contributed by atoms with Crippen LogP contribution in [-0.2, 0) is 0 Å². The summed E-state index contributed by atoms with van der Waals surface area (Å²) in [6.45, 7) is 7.22. The molecule has 0 radical (unpaired) electrons. The van der Waals surface area contributed by atoms with E-state index in [-0.39, 0.29) is 0 Å². The van der Waals surface area contributed by atoms with Gasteiger partial charge >= 0.3 is 0 Å². The van der Waals surface area contributed by atoms with Crippen LogP contribution < -0.4 is 0 Å². The zero-order valence-corrected chi connectivity index (χ0v) is 12.0. The van der Waals surface area contributed by atoms with Crippen LogP contribution in [0.25, 0.3) is 0 Å². The molecule has 2 aliphatic rings. The van der Waals surface area contributed by atoms with Crippen LogP contribution in [0.15, 0.2) is 0 Å². The van der Waals surface area contributed by atoms with Crippen molar-refractivity contribution < 1.29 is 0 Å². The fourth-order valence-corrected chi connectivity index (χ4v) is 3.88. The molecule has 0 aliphatic heterocycles. The molecular formula is C14H28B2. The smallest absolute Gasteiger partial charge is 0.0796 e. The Morgan fingerprint density at radius 2 is 1.50 bits per heavy atom. The van der Waals surface area contributed by atoms with Crippen LogP contribution in [0.3, 0.4) is 0 Å². The summed E-state index contributed by atoms with van der Waals surface area (Å²) >= 11 is 0. The summed E-state index contributed by atoms with van der Waals surface area (Å²) in [5.74, 6) is 3.26. The monoisotopic (exact) mass is 218 g/mol. The van der Waals surface area contributed by atoms with E-state index in [0.717, 1.165) is 17.8 Å². The molecule has 2 unspecified atom stereocenters. The Morgan fingerprint density at radius 3 is 1.94 bits per heavy atom. The van der Waals surface area contributed by atoms with E-state index in [1.54, 1.807) is 12.8 Å². The lowest BCUT2D eigenvalue weighted by Gasteiger charge is -2.41. The topological polar surface area (TPSA) is 0 Å². The molecule has 0 heterocycles. The number of fused-ring (bicyclic) bond motifs is 1. The fraction of sp³-hybridized carbons (Fsp3) is 1.00. The molecule has 2 fully saturated rings. The van der Waals surface area contributed by atoms with Gasteiger partial charge in [-0.1, -0.05) is 51.7 Å². The van der Waals surface area contributed by atoms with Crippen molar-refractivity contribution in [3.8, 4) is 0 Å². The lowest BCUT2D eigenvalue weighted by atomic mass is 9.41. The van der Waals surface area contributed by atoms with Crippen molar-refractivity contribution in [3.63, 3.8) is 0 Å². The number of hydrogen-bond acceptors (Lipinski definition) is 0. The molecule has 0 aromatic carbocycles. The van der Waals surface area contributed by atoms with E-state index in [1.807, 2.05) is 0 Å². The molecule has 2 atom stereocenters. The van der Waals surface area contributed by atoms with Crippen LogP contribution in [0.2, 0.25) is 5.21 Å². The summed E-state index contributed by atoms with van der Waals surface area (Å²) in [6, 6.07) is 0. The summed E-state index contributed by atoms with van der Waals surface area (Å²) < 4.78 is 0. The fourth-order valence-electron chi connectivity index (χ4n) is 3.88. The van der Waals surface area contributed by atoms with E-state index in [2.05, 4.69) is 36.5 Å². The maximum absolute atomic E-state index is 2.47. The molecule has 2 rings (SSSR count). The third kappa shape index (κ3) is 2.36. The first-order chi connectivity index (χ1) is 7.29. The van der Waals surface area contributed by atoms with Crippen molar-refractivity contribution in [1.82, 2.24) is 0 Å². The quantitative estimate of drug-likeness (QED) is 0.625. The van der Waals surface area contributed by atoms with Gasteiger partial charge in [0.25, 0.3) is 0 Å². The molecule has 0 N–H and O–H groups in total. The molecule has 2 saturated carbocycles. The molecule has 0 spiro atoms. The van der Waals surface area contributed by atoms with Crippen molar-refractivity contribution in [3.05, 3.63) is 0 Å². The van der Waals surface area contributed by atoms with Gasteiger partial charge in [0.1, 0.15) is 0 Å². The highest BCUT2D eigenvalue weighted by Gasteiger charge is 2.41. The summed E-state index contributed by atoms with van der Waals surface area (Å²) in [5.41, 5.74) is 0.449. The van der Waals surface area contributed by atoms with Crippen molar-refractivity contribution >= 4 is 15.7 Å². The highest BCUT2D eigenvalue weighted by atomic mass is 14.4. The zero-order chi connectivity index (χ0) is 12.0. The summed E-state index contributed by atoms with van der Waals surface area (Å²) in [4.78, 5) is 0. The second-order valence-corrected chi connectivity index (χ2v) is 8.13. The Bertz CT molecular complexity index is 240. The van der Waals surface area contributed by atoms with Gasteiger partial charge in [0.2, 0.25) is 0 Å². The van der Waals surface area contributed by atoms with Crippen LogP contribution in [0, 0.1) is 23.2 Å². The van der Waals surface area contributed by atoms with Crippen LogP contribution in [0.5, 0.6) is 0 Å². The lowest BCUT2D eigenvalue weighted by molar-refractivity contribution is 0.284. The molecule has 0 bridgehead atoms. The molecule has 0 aromatic heterocycles. The maximum atomic E-state index is 2.47. The summed E-state index contributed by atoms with van der Waals surface area (Å²) in [7, 11) is 4.95. The maximum Gasteiger partial charge on any atom is 0.0998 e. The normalized spacial score (nSPS) is 35.3. The highest BCUT2D eigenvalue weighted by Crippen LogP contribution is 2.53. The summed E-state index contributed by atoms with van der Waals surface area (Å²) in [5, 5.41) is 0.496. The van der Waals surface area contributed by atoms with Gasteiger partial charge in [0.05, 0.1) is 15.7 Å². The Balaban J connectivity index is 1.92. The molecule has 0 amide bonds. The predicted molar refractivity (Wildman–Crippen MR) is 77.4 cm³/mol. The Labute approximate surface area is 104 Å². The lowest BCUT2D eigenvalue weighted by Crippen LogP contribution is -2.31. The molecule has 16 heavy (non-hydrogen) atoms. The Morgan fingerprint density at radius 1 is 1.00 bits per heavy atom. The molecule has 2 heteroatoms. The zero-order valence-electron chi connectivity index (χ0n) is 12.0. The Kier molecular flexibility index (Phi) is 3.23. The molecule has 2 aliphatic carbocycles. The van der Waals surface area contributed by atoms with E-state index >= 15 is 0 Å². The minimum Gasteiger partial charge on any atom is -0.0796 e. The minimum atomic E-state index is 0.449. The van der Waals surface area contributed by atoms with Crippen molar-refractivity contribution in [2.24, 2.45) is 23.2 Å². The van der Waals surface area contributed by atoms with Gasteiger partial charge in [0.15, 0.2) is 0 Å². The third-order valence-corrected chi connectivity index (χ3v) is 5.92. The van der Waals surface area contributed by atoms with Crippen molar-refractivity contribution in [2.75, 3.05) is 0 Å². The van der Waals surface area contributed by atoms with E-state index in [4.69, 9.17) is 0 Å². The first kappa shape index (κ1) is 12.6. The third-order valence-electron chi connectivity index (χ3n) is 5.92. The summed E-state index contributed by atoms with van der Waals surface area (Å²) in [6.07, 6.45) is 9.14. The van der Waals surface area contributed by atoms with Crippen LogP contribution in [0.4, 0.5) is 0 Å². The molecule has 0 aromatic rings. The number of hydrogen-bond donors (Lipinski definition) is 0.